The summed E-state index contributed by atoms with van der Waals surface area (Å²) in [5, 5.41) is 0. The SMILES string of the molecule is Br[Si]1CCC1. The van der Waals surface area contributed by atoms with Crippen molar-refractivity contribution < 1.29 is 0 Å². The van der Waals surface area contributed by atoms with Crippen LogP contribution in [0.5, 0.6) is 0 Å². The van der Waals surface area contributed by atoms with Gasteiger partial charge in [-0.1, -0.05) is 6.42 Å². The minimum atomic E-state index is 0.119. The van der Waals surface area contributed by atoms with Gasteiger partial charge in [-0.25, -0.2) is 0 Å². The van der Waals surface area contributed by atoms with Crippen molar-refractivity contribution in [3.8, 4) is 0 Å². The zero-order chi connectivity index (χ0) is 3.70. The average Bonchev–Trinajstić information content (AvgIpc) is 1.30. The van der Waals surface area contributed by atoms with Crippen molar-refractivity contribution in [1.29, 1.82) is 0 Å². The largest absolute Gasteiger partial charge is 0.135 e. The Balaban J connectivity index is 2.08. The van der Waals surface area contributed by atoms with Gasteiger partial charge < -0.3 is 0 Å². The summed E-state index contributed by atoms with van der Waals surface area (Å²) in [6.07, 6.45) is 1.49. The lowest BCUT2D eigenvalue weighted by Gasteiger charge is -2.14. The van der Waals surface area contributed by atoms with E-state index >= 15 is 0 Å². The molecule has 0 amide bonds. The van der Waals surface area contributed by atoms with Crippen molar-refractivity contribution in [2.45, 2.75) is 18.5 Å². The molecule has 0 spiro atoms. The summed E-state index contributed by atoms with van der Waals surface area (Å²) >= 11 is 3.56. The predicted octanol–water partition coefficient (Wildman–Crippen LogP) is 1.78. The normalized spacial score (nSPS) is 25.8. The summed E-state index contributed by atoms with van der Waals surface area (Å²) in [6.45, 7) is 0. The molecule has 0 unspecified atom stereocenters. The van der Waals surface area contributed by atoms with Crippen LogP contribution < -0.4 is 0 Å². The van der Waals surface area contributed by atoms with E-state index < -0.39 is 0 Å². The zero-order valence-corrected chi connectivity index (χ0v) is 5.59. The molecule has 1 aliphatic heterocycles. The summed E-state index contributed by atoms with van der Waals surface area (Å²) in [4.78, 5) is 0. The number of halogens is 1. The Labute approximate surface area is 41.8 Å². The lowest BCUT2D eigenvalue weighted by atomic mass is 10.5. The van der Waals surface area contributed by atoms with E-state index in [-0.39, 0.29) is 7.42 Å². The smallest absolute Gasteiger partial charge is 0.129 e. The predicted molar refractivity (Wildman–Crippen MR) is 28.9 cm³/mol. The van der Waals surface area contributed by atoms with Gasteiger partial charge >= 0.3 is 0 Å². The van der Waals surface area contributed by atoms with E-state index in [1.807, 2.05) is 0 Å². The lowest BCUT2D eigenvalue weighted by molar-refractivity contribution is 0.965. The second kappa shape index (κ2) is 1.43. The molecule has 0 N–H and O–H groups in total. The van der Waals surface area contributed by atoms with Crippen molar-refractivity contribution in [2.75, 3.05) is 0 Å². The third-order valence-electron chi connectivity index (χ3n) is 0.896. The molecule has 0 bridgehead atoms. The van der Waals surface area contributed by atoms with E-state index in [9.17, 15) is 0 Å². The van der Waals surface area contributed by atoms with Crippen molar-refractivity contribution in [1.82, 2.24) is 0 Å². The molecule has 0 saturated carbocycles. The Morgan fingerprint density at radius 2 is 1.80 bits per heavy atom. The van der Waals surface area contributed by atoms with E-state index in [4.69, 9.17) is 0 Å². The Morgan fingerprint density at radius 1 is 1.40 bits per heavy atom. The zero-order valence-electron chi connectivity index (χ0n) is 3.00. The van der Waals surface area contributed by atoms with Gasteiger partial charge in [0.05, 0.1) is 0 Å². The molecule has 1 saturated heterocycles. The molecule has 0 nitrogen and oxygen atoms in total. The van der Waals surface area contributed by atoms with Gasteiger partial charge in [0, 0.05) is 0 Å². The molecule has 0 aromatic rings. The highest BCUT2D eigenvalue weighted by molar-refractivity contribution is 9.24. The summed E-state index contributed by atoms with van der Waals surface area (Å²) in [6, 6.07) is 3.01. The molecular formula is C3H6BrSi. The van der Waals surface area contributed by atoms with Gasteiger partial charge in [0.25, 0.3) is 0 Å². The van der Waals surface area contributed by atoms with Gasteiger partial charge in [-0.3, -0.25) is 0 Å². The van der Waals surface area contributed by atoms with E-state index in [0.717, 1.165) is 0 Å². The summed E-state index contributed by atoms with van der Waals surface area (Å²) in [5.74, 6) is 0. The average molecular weight is 150 g/mol. The molecule has 1 fully saturated rings. The standard InChI is InChI=1S/C3H6BrSi/c4-5-2-1-3-5/h1-3H2. The van der Waals surface area contributed by atoms with Crippen molar-refractivity contribution >= 4 is 22.7 Å². The monoisotopic (exact) mass is 149 g/mol. The highest BCUT2D eigenvalue weighted by Gasteiger charge is 2.14. The van der Waals surface area contributed by atoms with Crippen LogP contribution in [0.25, 0.3) is 0 Å². The maximum absolute atomic E-state index is 3.56. The van der Waals surface area contributed by atoms with E-state index in [1.165, 1.54) is 18.5 Å². The molecule has 1 rings (SSSR count). The van der Waals surface area contributed by atoms with Crippen LogP contribution in [0, 0.1) is 0 Å². The quantitative estimate of drug-likeness (QED) is 0.364. The van der Waals surface area contributed by atoms with Crippen LogP contribution in [-0.2, 0) is 0 Å². The Morgan fingerprint density at radius 3 is 1.80 bits per heavy atom. The minimum Gasteiger partial charge on any atom is -0.129 e. The van der Waals surface area contributed by atoms with E-state index in [0.29, 0.717) is 0 Å². The Bertz CT molecular complexity index is 33.9. The number of hydrogen-bond acceptors (Lipinski definition) is 0. The van der Waals surface area contributed by atoms with E-state index in [1.54, 1.807) is 0 Å². The first kappa shape index (κ1) is 3.87. The highest BCUT2D eigenvalue weighted by atomic mass is 79.9. The fourth-order valence-corrected chi connectivity index (χ4v) is 2.61. The van der Waals surface area contributed by atoms with Gasteiger partial charge in [-0.05, 0) is 12.1 Å². The van der Waals surface area contributed by atoms with Crippen LogP contribution in [0.1, 0.15) is 6.42 Å². The molecule has 1 radical (unpaired) electrons. The molecule has 29 valence electrons. The molecule has 0 aromatic heterocycles. The van der Waals surface area contributed by atoms with Crippen molar-refractivity contribution in [3.05, 3.63) is 0 Å². The minimum absolute atomic E-state index is 0.119. The van der Waals surface area contributed by atoms with Gasteiger partial charge in [0.1, 0.15) is 7.42 Å². The fourth-order valence-electron chi connectivity index (χ4n) is 0.310. The first-order chi connectivity index (χ1) is 2.39. The van der Waals surface area contributed by atoms with Crippen LogP contribution in [-0.4, -0.2) is 7.42 Å². The summed E-state index contributed by atoms with van der Waals surface area (Å²) < 4.78 is 0. The maximum Gasteiger partial charge on any atom is 0.135 e. The molecule has 0 atom stereocenters. The topological polar surface area (TPSA) is 0 Å². The Hall–Kier alpha value is 0.697. The lowest BCUT2D eigenvalue weighted by Crippen LogP contribution is -2.11. The third kappa shape index (κ3) is 0.762. The fraction of sp³-hybridized carbons (Fsp3) is 1.00. The third-order valence-corrected chi connectivity index (χ3v) is 5.07. The first-order valence-electron chi connectivity index (χ1n) is 1.90. The molecule has 5 heavy (non-hydrogen) atoms. The molecule has 1 aliphatic rings. The van der Waals surface area contributed by atoms with Crippen LogP contribution in [0.15, 0.2) is 0 Å². The van der Waals surface area contributed by atoms with Crippen molar-refractivity contribution in [3.63, 3.8) is 0 Å². The van der Waals surface area contributed by atoms with Gasteiger partial charge in [0.15, 0.2) is 0 Å². The second-order valence-corrected chi connectivity index (χ2v) is 6.77. The second-order valence-electron chi connectivity index (χ2n) is 1.37. The first-order valence-corrected chi connectivity index (χ1v) is 6.07. The van der Waals surface area contributed by atoms with Gasteiger partial charge in [-0.15, -0.1) is 15.3 Å². The molecule has 0 aliphatic carbocycles. The molecular weight excluding hydrogens is 144 g/mol. The number of hydrogen-bond donors (Lipinski definition) is 0. The summed E-state index contributed by atoms with van der Waals surface area (Å²) in [5.41, 5.74) is 0. The van der Waals surface area contributed by atoms with Crippen LogP contribution in [0.2, 0.25) is 12.1 Å². The molecule has 0 aromatic carbocycles. The molecule has 2 heteroatoms. The van der Waals surface area contributed by atoms with E-state index in [2.05, 4.69) is 15.3 Å². The molecule has 1 heterocycles. The van der Waals surface area contributed by atoms with Gasteiger partial charge in [-0.2, -0.15) is 0 Å². The number of rotatable bonds is 0. The Kier molecular flexibility index (Phi) is 1.11. The van der Waals surface area contributed by atoms with Crippen LogP contribution in [0.3, 0.4) is 0 Å². The van der Waals surface area contributed by atoms with Gasteiger partial charge in [0.2, 0.25) is 0 Å². The van der Waals surface area contributed by atoms with Crippen LogP contribution >= 0.6 is 15.3 Å². The van der Waals surface area contributed by atoms with Crippen LogP contribution in [0.4, 0.5) is 0 Å². The van der Waals surface area contributed by atoms with Crippen molar-refractivity contribution in [2.24, 2.45) is 0 Å². The maximum atomic E-state index is 3.56. The highest BCUT2D eigenvalue weighted by Crippen LogP contribution is 2.23. The summed E-state index contributed by atoms with van der Waals surface area (Å²) in [7, 11) is 0.119.